The quantitative estimate of drug-likeness (QED) is 0.0847. The van der Waals surface area contributed by atoms with E-state index in [-0.39, 0.29) is 0 Å². The summed E-state index contributed by atoms with van der Waals surface area (Å²) in [5, 5.41) is 0. The summed E-state index contributed by atoms with van der Waals surface area (Å²) in [6.45, 7) is 15.7. The lowest BCUT2D eigenvalue weighted by Gasteiger charge is -2.27. The highest BCUT2D eigenvalue weighted by Crippen LogP contribution is 2.38. The molecule has 0 amide bonds. The first kappa shape index (κ1) is 38.2. The van der Waals surface area contributed by atoms with Crippen molar-refractivity contribution >= 4 is 28.4 Å². The molecular weight excluding hydrogens is 629 g/mol. The van der Waals surface area contributed by atoms with Crippen LogP contribution in [0.4, 0.5) is 28.4 Å². The number of benzene rings is 5. The van der Waals surface area contributed by atoms with E-state index in [2.05, 4.69) is 203 Å². The van der Waals surface area contributed by atoms with Gasteiger partial charge in [0.15, 0.2) is 0 Å². The number of anilines is 5. The summed E-state index contributed by atoms with van der Waals surface area (Å²) < 4.78 is 0. The molecule has 0 saturated carbocycles. The lowest BCUT2D eigenvalue weighted by Crippen LogP contribution is -2.15. The van der Waals surface area contributed by atoms with Gasteiger partial charge in [-0.25, -0.2) is 0 Å². The average Bonchev–Trinajstić information content (AvgIpc) is 3.20. The molecule has 0 spiro atoms. The summed E-state index contributed by atoms with van der Waals surface area (Å²) in [4.78, 5) is 4.68. The zero-order chi connectivity index (χ0) is 36.7. The summed E-state index contributed by atoms with van der Waals surface area (Å²) in [6.07, 6.45) is 15.0. The van der Waals surface area contributed by atoms with Crippen molar-refractivity contribution in [3.63, 3.8) is 0 Å². The minimum Gasteiger partial charge on any atom is -0.311 e. The summed E-state index contributed by atoms with van der Waals surface area (Å²) >= 11 is 0. The highest BCUT2D eigenvalue weighted by atomic mass is 15.1. The SMILES string of the molecule is C=C(/C=C\C(=C/C)N(c1ccccc1)c1ccc(-c2ccc(N(c3ccccc3)c3ccc(C(CC)CCC)cc3)cc2)cc1)C(CCC)CCC. The van der Waals surface area contributed by atoms with E-state index in [0.717, 1.165) is 28.4 Å². The number of rotatable bonds is 18. The molecule has 2 heteroatoms. The number of hydrogen-bond acceptors (Lipinski definition) is 2. The fourth-order valence-electron chi connectivity index (χ4n) is 7.35. The van der Waals surface area contributed by atoms with E-state index in [1.807, 2.05) is 0 Å². The zero-order valence-electron chi connectivity index (χ0n) is 32.1. The van der Waals surface area contributed by atoms with Crippen LogP contribution in [-0.2, 0) is 0 Å². The van der Waals surface area contributed by atoms with Crippen molar-refractivity contribution in [3.8, 4) is 11.1 Å². The first-order valence-corrected chi connectivity index (χ1v) is 19.5. The summed E-state index contributed by atoms with van der Waals surface area (Å²) in [6, 6.07) is 48.4. The average molecular weight is 687 g/mol. The Labute approximate surface area is 314 Å². The first-order valence-electron chi connectivity index (χ1n) is 19.5. The van der Waals surface area contributed by atoms with E-state index >= 15 is 0 Å². The molecule has 0 aromatic heterocycles. The van der Waals surface area contributed by atoms with Crippen LogP contribution in [0, 0.1) is 5.92 Å². The monoisotopic (exact) mass is 686 g/mol. The van der Waals surface area contributed by atoms with Gasteiger partial charge in [0.1, 0.15) is 0 Å². The van der Waals surface area contributed by atoms with Crippen molar-refractivity contribution in [2.75, 3.05) is 9.80 Å². The van der Waals surface area contributed by atoms with Crippen LogP contribution in [0.2, 0.25) is 0 Å². The molecule has 5 aromatic rings. The predicted octanol–water partition coefficient (Wildman–Crippen LogP) is 15.5. The topological polar surface area (TPSA) is 6.48 Å². The highest BCUT2D eigenvalue weighted by Gasteiger charge is 2.16. The predicted molar refractivity (Wildman–Crippen MR) is 228 cm³/mol. The Hall–Kier alpha value is -5.08. The van der Waals surface area contributed by atoms with E-state index in [9.17, 15) is 0 Å². The van der Waals surface area contributed by atoms with Crippen molar-refractivity contribution in [1.29, 1.82) is 0 Å². The van der Waals surface area contributed by atoms with Crippen molar-refractivity contribution in [3.05, 3.63) is 175 Å². The van der Waals surface area contributed by atoms with Gasteiger partial charge in [-0.1, -0.05) is 144 Å². The standard InChI is InChI=1S/C50H58N2/c1-7-18-40(10-4)42-26-33-49(34-27-42)52(47-23-16-13-17-24-47)50-37-30-44(31-38-50)43-28-35-48(36-29-43)51(46-21-14-12-15-22-46)45(11-5)32-25-39(6)41(19-8-2)20-9-3/h11-17,21-38,40-41H,6-10,18-20H2,1-5H3/b32-25-,45-11+. The van der Waals surface area contributed by atoms with Gasteiger partial charge in [0.25, 0.3) is 0 Å². The van der Waals surface area contributed by atoms with Crippen LogP contribution in [-0.4, -0.2) is 0 Å². The Morgan fingerprint density at radius 1 is 0.538 bits per heavy atom. The maximum absolute atomic E-state index is 4.48. The van der Waals surface area contributed by atoms with Crippen molar-refractivity contribution in [1.82, 2.24) is 0 Å². The van der Waals surface area contributed by atoms with Gasteiger partial charge < -0.3 is 9.80 Å². The van der Waals surface area contributed by atoms with Gasteiger partial charge in [0.05, 0.1) is 0 Å². The van der Waals surface area contributed by atoms with E-state index < -0.39 is 0 Å². The molecule has 1 atom stereocenters. The fourth-order valence-corrected chi connectivity index (χ4v) is 7.35. The van der Waals surface area contributed by atoms with E-state index in [0.29, 0.717) is 11.8 Å². The van der Waals surface area contributed by atoms with Crippen LogP contribution >= 0.6 is 0 Å². The Kier molecular flexibility index (Phi) is 14.3. The highest BCUT2D eigenvalue weighted by molar-refractivity contribution is 5.79. The Morgan fingerprint density at radius 3 is 1.46 bits per heavy atom. The molecule has 1 unspecified atom stereocenters. The van der Waals surface area contributed by atoms with Crippen LogP contribution in [0.1, 0.15) is 91.0 Å². The number of hydrogen-bond donors (Lipinski definition) is 0. The molecule has 5 rings (SSSR count). The van der Waals surface area contributed by atoms with E-state index in [1.54, 1.807) is 0 Å². The largest absolute Gasteiger partial charge is 0.311 e. The fraction of sp³-hybridized carbons (Fsp3) is 0.280. The second kappa shape index (κ2) is 19.5. The molecule has 0 heterocycles. The molecule has 0 radical (unpaired) electrons. The molecule has 0 aliphatic carbocycles. The smallest absolute Gasteiger partial charge is 0.0462 e. The van der Waals surface area contributed by atoms with Crippen LogP contribution in [0.15, 0.2) is 170 Å². The molecule has 0 aliphatic rings. The van der Waals surface area contributed by atoms with Crippen LogP contribution < -0.4 is 9.80 Å². The number of para-hydroxylation sites is 2. The van der Waals surface area contributed by atoms with Gasteiger partial charge in [0.2, 0.25) is 0 Å². The van der Waals surface area contributed by atoms with Crippen molar-refractivity contribution < 1.29 is 0 Å². The third-order valence-electron chi connectivity index (χ3n) is 10.2. The second-order valence-corrected chi connectivity index (χ2v) is 13.8. The number of nitrogens with zero attached hydrogens (tertiary/aromatic N) is 2. The van der Waals surface area contributed by atoms with Crippen LogP contribution in [0.5, 0.6) is 0 Å². The molecule has 0 N–H and O–H groups in total. The zero-order valence-corrected chi connectivity index (χ0v) is 32.1. The van der Waals surface area contributed by atoms with Gasteiger partial charge in [-0.3, -0.25) is 0 Å². The van der Waals surface area contributed by atoms with Crippen molar-refractivity contribution in [2.45, 2.75) is 85.5 Å². The molecule has 268 valence electrons. The van der Waals surface area contributed by atoms with Crippen LogP contribution in [0.3, 0.4) is 0 Å². The van der Waals surface area contributed by atoms with E-state index in [4.69, 9.17) is 0 Å². The minimum absolute atomic E-state index is 0.532. The van der Waals surface area contributed by atoms with Gasteiger partial charge in [0, 0.05) is 34.1 Å². The molecule has 0 bridgehead atoms. The maximum atomic E-state index is 4.48. The molecule has 0 saturated heterocycles. The third kappa shape index (κ3) is 9.62. The summed E-state index contributed by atoms with van der Waals surface area (Å²) in [7, 11) is 0. The van der Waals surface area contributed by atoms with Gasteiger partial charge in [-0.05, 0) is 128 Å². The minimum atomic E-state index is 0.532. The lowest BCUT2D eigenvalue weighted by atomic mass is 9.90. The molecule has 0 fully saturated rings. The molecule has 0 aliphatic heterocycles. The Bertz CT molecular complexity index is 1840. The third-order valence-corrected chi connectivity index (χ3v) is 10.2. The molecule has 5 aromatic carbocycles. The maximum Gasteiger partial charge on any atom is 0.0462 e. The summed E-state index contributed by atoms with van der Waals surface area (Å²) in [5.74, 6) is 1.15. The summed E-state index contributed by atoms with van der Waals surface area (Å²) in [5.41, 5.74) is 11.9. The molecule has 52 heavy (non-hydrogen) atoms. The first-order chi connectivity index (χ1) is 25.5. The molecule has 2 nitrogen and oxygen atoms in total. The van der Waals surface area contributed by atoms with Gasteiger partial charge >= 0.3 is 0 Å². The second-order valence-electron chi connectivity index (χ2n) is 13.8. The Balaban J connectivity index is 1.41. The van der Waals surface area contributed by atoms with Gasteiger partial charge in [-0.2, -0.15) is 0 Å². The normalized spacial score (nSPS) is 12.3. The number of allylic oxidation sites excluding steroid dienone is 4. The van der Waals surface area contributed by atoms with Crippen molar-refractivity contribution in [2.24, 2.45) is 5.92 Å². The van der Waals surface area contributed by atoms with Gasteiger partial charge in [-0.15, -0.1) is 0 Å². The van der Waals surface area contributed by atoms with E-state index in [1.165, 1.54) is 72.9 Å². The molecular formula is C50H58N2. The Morgan fingerprint density at radius 2 is 0.981 bits per heavy atom. The lowest BCUT2D eigenvalue weighted by molar-refractivity contribution is 0.514. The van der Waals surface area contributed by atoms with Crippen LogP contribution in [0.25, 0.3) is 11.1 Å².